The molecule has 112 valence electrons. The van der Waals surface area contributed by atoms with E-state index in [-0.39, 0.29) is 16.9 Å². The molecule has 5 heteroatoms. The summed E-state index contributed by atoms with van der Waals surface area (Å²) in [6.45, 7) is 1.42. The summed E-state index contributed by atoms with van der Waals surface area (Å²) in [4.78, 5) is 17.3. The predicted octanol–water partition coefficient (Wildman–Crippen LogP) is 2.95. The first-order valence-corrected chi connectivity index (χ1v) is 7.76. The number of hydrogen-bond donors (Lipinski definition) is 0. The van der Waals surface area contributed by atoms with Crippen molar-refractivity contribution < 1.29 is 4.74 Å². The van der Waals surface area contributed by atoms with Gasteiger partial charge in [0.05, 0.1) is 16.8 Å². The molecule has 1 fully saturated rings. The highest BCUT2D eigenvalue weighted by molar-refractivity contribution is 6.16. The van der Waals surface area contributed by atoms with E-state index >= 15 is 0 Å². The summed E-state index contributed by atoms with van der Waals surface area (Å²) < 4.78 is 6.95. The van der Waals surface area contributed by atoms with Crippen LogP contribution in [0, 0.1) is 5.41 Å². The first-order chi connectivity index (χ1) is 10.2. The Balaban J connectivity index is 2.01. The monoisotopic (exact) mass is 306 g/mol. The number of alkyl halides is 1. The maximum absolute atomic E-state index is 12.7. The van der Waals surface area contributed by atoms with E-state index in [1.165, 1.54) is 0 Å². The molecule has 1 aliphatic rings. The molecule has 0 radical (unpaired) electrons. The molecule has 3 rings (SSSR count). The number of methoxy groups -OCH3 is 1. The number of nitrogens with zero attached hydrogens (tertiary/aromatic N) is 2. The lowest BCUT2D eigenvalue weighted by Gasteiger charge is -2.19. The topological polar surface area (TPSA) is 44.1 Å². The van der Waals surface area contributed by atoms with E-state index in [1.54, 1.807) is 11.7 Å². The van der Waals surface area contributed by atoms with E-state index in [4.69, 9.17) is 16.3 Å². The fourth-order valence-electron chi connectivity index (χ4n) is 2.80. The van der Waals surface area contributed by atoms with Crippen LogP contribution in [0.2, 0.25) is 0 Å². The van der Waals surface area contributed by atoms with E-state index in [1.807, 2.05) is 24.3 Å². The van der Waals surface area contributed by atoms with Crippen molar-refractivity contribution in [3.8, 4) is 0 Å². The maximum atomic E-state index is 12.7. The Morgan fingerprint density at radius 3 is 2.81 bits per heavy atom. The van der Waals surface area contributed by atoms with E-state index in [9.17, 15) is 4.79 Å². The van der Waals surface area contributed by atoms with Gasteiger partial charge in [-0.2, -0.15) is 0 Å². The average molecular weight is 307 g/mol. The number of benzene rings is 1. The molecule has 0 N–H and O–H groups in total. The second-order valence-electron chi connectivity index (χ2n) is 5.81. The summed E-state index contributed by atoms with van der Waals surface area (Å²) in [5, 5.41) is 0.661. The molecule has 0 unspecified atom stereocenters. The minimum atomic E-state index is 0.0138. The van der Waals surface area contributed by atoms with E-state index in [2.05, 4.69) is 4.98 Å². The Bertz CT molecular complexity index is 707. The maximum Gasteiger partial charge on any atom is 0.261 e. The van der Waals surface area contributed by atoms with Crippen LogP contribution in [0.25, 0.3) is 10.9 Å². The Morgan fingerprint density at radius 1 is 1.38 bits per heavy atom. The number of ether oxygens (including phenoxy) is 1. The van der Waals surface area contributed by atoms with Crippen molar-refractivity contribution in [3.05, 3.63) is 40.4 Å². The van der Waals surface area contributed by atoms with Crippen molar-refractivity contribution in [2.75, 3.05) is 13.7 Å². The lowest BCUT2D eigenvalue weighted by molar-refractivity contribution is 0.166. The summed E-state index contributed by atoms with van der Waals surface area (Å²) in [7, 11) is 1.71. The van der Waals surface area contributed by atoms with Gasteiger partial charge in [-0.15, -0.1) is 11.6 Å². The van der Waals surface area contributed by atoms with E-state index in [0.29, 0.717) is 17.8 Å². The van der Waals surface area contributed by atoms with E-state index < -0.39 is 0 Å². The third-order valence-corrected chi connectivity index (χ3v) is 4.59. The van der Waals surface area contributed by atoms with Crippen LogP contribution in [0.1, 0.15) is 25.1 Å². The lowest BCUT2D eigenvalue weighted by atomic mass is 10.0. The van der Waals surface area contributed by atoms with Gasteiger partial charge in [0.2, 0.25) is 0 Å². The molecule has 1 saturated carbocycles. The van der Waals surface area contributed by atoms with Crippen molar-refractivity contribution in [2.45, 2.75) is 31.7 Å². The number of para-hydroxylation sites is 1. The number of rotatable bonds is 6. The van der Waals surface area contributed by atoms with Crippen LogP contribution in [0.4, 0.5) is 0 Å². The van der Waals surface area contributed by atoms with Crippen molar-refractivity contribution in [1.29, 1.82) is 0 Å². The number of halogens is 1. The predicted molar refractivity (Wildman–Crippen MR) is 83.7 cm³/mol. The first-order valence-electron chi connectivity index (χ1n) is 7.22. The van der Waals surface area contributed by atoms with Crippen LogP contribution in [-0.4, -0.2) is 23.3 Å². The third-order valence-electron chi connectivity index (χ3n) is 4.35. The Morgan fingerprint density at radius 2 is 2.14 bits per heavy atom. The fourth-order valence-corrected chi connectivity index (χ4v) is 3.00. The molecule has 4 nitrogen and oxygen atoms in total. The second-order valence-corrected chi connectivity index (χ2v) is 6.08. The molecule has 1 aliphatic carbocycles. The smallest absolute Gasteiger partial charge is 0.261 e. The highest BCUT2D eigenvalue weighted by atomic mass is 35.5. The third kappa shape index (κ3) is 2.83. The summed E-state index contributed by atoms with van der Waals surface area (Å²) in [5.74, 6) is 0.907. The van der Waals surface area contributed by atoms with Gasteiger partial charge in [-0.05, 0) is 36.8 Å². The van der Waals surface area contributed by atoms with Gasteiger partial charge in [0.1, 0.15) is 5.82 Å². The molecule has 1 heterocycles. The fraction of sp³-hybridized carbons (Fsp3) is 0.500. The molecule has 21 heavy (non-hydrogen) atoms. The van der Waals surface area contributed by atoms with Gasteiger partial charge in [-0.3, -0.25) is 9.36 Å². The SMILES string of the molecule is COCCC1(Cn2c(CCl)nc3ccccc3c2=O)CC1. The Kier molecular flexibility index (Phi) is 4.00. The van der Waals surface area contributed by atoms with Crippen LogP contribution in [0.3, 0.4) is 0 Å². The van der Waals surface area contributed by atoms with Gasteiger partial charge in [0, 0.05) is 20.3 Å². The van der Waals surface area contributed by atoms with Gasteiger partial charge < -0.3 is 4.74 Å². The van der Waals surface area contributed by atoms with Crippen LogP contribution >= 0.6 is 11.6 Å². The molecule has 1 aromatic heterocycles. The van der Waals surface area contributed by atoms with Crippen LogP contribution in [-0.2, 0) is 17.2 Å². The Labute approximate surface area is 128 Å². The van der Waals surface area contributed by atoms with E-state index in [0.717, 1.165) is 31.4 Å². The van der Waals surface area contributed by atoms with Crippen molar-refractivity contribution >= 4 is 22.5 Å². The average Bonchev–Trinajstić information content (AvgIpc) is 3.28. The van der Waals surface area contributed by atoms with Gasteiger partial charge in [0.15, 0.2) is 0 Å². The highest BCUT2D eigenvalue weighted by Crippen LogP contribution is 2.50. The van der Waals surface area contributed by atoms with Crippen LogP contribution < -0.4 is 5.56 Å². The zero-order chi connectivity index (χ0) is 14.9. The highest BCUT2D eigenvalue weighted by Gasteiger charge is 2.43. The van der Waals surface area contributed by atoms with Gasteiger partial charge in [-0.1, -0.05) is 12.1 Å². The van der Waals surface area contributed by atoms with Crippen molar-refractivity contribution in [3.63, 3.8) is 0 Å². The molecule has 0 atom stereocenters. The molecule has 0 saturated heterocycles. The summed E-state index contributed by atoms with van der Waals surface area (Å²) in [5.41, 5.74) is 0.918. The number of hydrogen-bond acceptors (Lipinski definition) is 3. The Hall–Kier alpha value is -1.39. The zero-order valence-corrected chi connectivity index (χ0v) is 12.9. The van der Waals surface area contributed by atoms with Gasteiger partial charge >= 0.3 is 0 Å². The quantitative estimate of drug-likeness (QED) is 0.771. The molecule has 0 bridgehead atoms. The van der Waals surface area contributed by atoms with Gasteiger partial charge in [0.25, 0.3) is 5.56 Å². The first kappa shape index (κ1) is 14.5. The van der Waals surface area contributed by atoms with Gasteiger partial charge in [-0.25, -0.2) is 4.98 Å². The molecular weight excluding hydrogens is 288 g/mol. The number of fused-ring (bicyclic) bond motifs is 1. The summed E-state index contributed by atoms with van der Waals surface area (Å²) in [6.07, 6.45) is 3.25. The van der Waals surface area contributed by atoms with Crippen molar-refractivity contribution in [1.82, 2.24) is 9.55 Å². The molecule has 1 aromatic carbocycles. The van der Waals surface area contributed by atoms with Crippen molar-refractivity contribution in [2.24, 2.45) is 5.41 Å². The van der Waals surface area contributed by atoms with Crippen LogP contribution in [0.5, 0.6) is 0 Å². The standard InChI is InChI=1S/C16H19ClN2O2/c1-21-9-8-16(6-7-16)11-19-14(10-17)18-13-5-3-2-4-12(13)15(19)20/h2-5H,6-11H2,1H3. The summed E-state index contributed by atoms with van der Waals surface area (Å²) in [6, 6.07) is 7.44. The second kappa shape index (κ2) is 5.78. The minimum absolute atomic E-state index is 0.0138. The lowest BCUT2D eigenvalue weighted by Crippen LogP contribution is -2.29. The normalized spacial score (nSPS) is 16.3. The number of aromatic nitrogens is 2. The zero-order valence-electron chi connectivity index (χ0n) is 12.1. The molecule has 0 amide bonds. The van der Waals surface area contributed by atoms with Crippen LogP contribution in [0.15, 0.2) is 29.1 Å². The minimum Gasteiger partial charge on any atom is -0.385 e. The molecule has 0 aliphatic heterocycles. The summed E-state index contributed by atoms with van der Waals surface area (Å²) >= 11 is 6.01. The largest absolute Gasteiger partial charge is 0.385 e. The molecule has 2 aromatic rings. The molecule has 0 spiro atoms. The molecular formula is C16H19ClN2O2.